The topological polar surface area (TPSA) is 54.4 Å². The van der Waals surface area contributed by atoms with Gasteiger partial charge in [-0.2, -0.15) is 0 Å². The smallest absolute Gasteiger partial charge is 0.134 e. The van der Waals surface area contributed by atoms with Crippen molar-refractivity contribution in [2.75, 3.05) is 12.4 Å². The average Bonchev–Trinajstić information content (AvgIpc) is 2.47. The van der Waals surface area contributed by atoms with Crippen LogP contribution in [0.15, 0.2) is 36.5 Å². The second-order valence-electron chi connectivity index (χ2n) is 4.43. The predicted octanol–water partition coefficient (Wildman–Crippen LogP) is 3.41. The van der Waals surface area contributed by atoms with Crippen molar-refractivity contribution >= 4 is 17.3 Å². The lowest BCUT2D eigenvalue weighted by Gasteiger charge is -2.17. The zero-order chi connectivity index (χ0) is 14.5. The molecule has 106 valence electrons. The molecule has 0 spiro atoms. The number of aromatic nitrogens is 1. The highest BCUT2D eigenvalue weighted by atomic mass is 35.5. The van der Waals surface area contributed by atoms with E-state index in [-0.39, 0.29) is 12.6 Å². The highest BCUT2D eigenvalue weighted by Gasteiger charge is 2.11. The minimum atomic E-state index is -0.0687. The molecule has 0 amide bonds. The van der Waals surface area contributed by atoms with Gasteiger partial charge in [0.25, 0.3) is 0 Å². The van der Waals surface area contributed by atoms with Gasteiger partial charge in [0.2, 0.25) is 0 Å². The van der Waals surface area contributed by atoms with Gasteiger partial charge in [0.05, 0.1) is 19.8 Å². The Labute approximate surface area is 123 Å². The molecular weight excluding hydrogens is 276 g/mol. The van der Waals surface area contributed by atoms with Crippen molar-refractivity contribution in [3.63, 3.8) is 0 Å². The Balaban J connectivity index is 2.20. The van der Waals surface area contributed by atoms with Gasteiger partial charge in [-0.05, 0) is 31.2 Å². The van der Waals surface area contributed by atoms with Gasteiger partial charge in [0, 0.05) is 23.0 Å². The molecule has 2 rings (SSSR count). The van der Waals surface area contributed by atoms with Gasteiger partial charge in [0.1, 0.15) is 10.9 Å². The summed E-state index contributed by atoms with van der Waals surface area (Å²) in [7, 11) is 1.58. The number of aliphatic hydroxyl groups is 1. The Morgan fingerprint density at radius 2 is 2.20 bits per heavy atom. The minimum Gasteiger partial charge on any atom is -0.496 e. The molecule has 0 saturated carbocycles. The number of pyridine rings is 1. The lowest BCUT2D eigenvalue weighted by atomic mass is 10.1. The number of aliphatic hydroxyl groups excluding tert-OH is 1. The van der Waals surface area contributed by atoms with Crippen molar-refractivity contribution in [2.45, 2.75) is 19.6 Å². The molecular formula is C15H17ClN2O2. The van der Waals surface area contributed by atoms with Crippen molar-refractivity contribution < 1.29 is 9.84 Å². The number of hydrogen-bond acceptors (Lipinski definition) is 4. The largest absolute Gasteiger partial charge is 0.496 e. The summed E-state index contributed by atoms with van der Waals surface area (Å²) in [6, 6.07) is 9.39. The fourth-order valence-corrected chi connectivity index (χ4v) is 2.32. The molecule has 5 heteroatoms. The molecule has 0 saturated heterocycles. The monoisotopic (exact) mass is 292 g/mol. The molecule has 1 heterocycles. The van der Waals surface area contributed by atoms with Crippen molar-refractivity contribution in [1.82, 2.24) is 4.98 Å². The molecule has 0 aliphatic rings. The molecule has 20 heavy (non-hydrogen) atoms. The minimum absolute atomic E-state index is 0.0103. The van der Waals surface area contributed by atoms with E-state index in [0.717, 1.165) is 16.8 Å². The van der Waals surface area contributed by atoms with Gasteiger partial charge in [-0.1, -0.05) is 17.7 Å². The first-order chi connectivity index (χ1) is 9.65. The maximum absolute atomic E-state index is 9.33. The second kappa shape index (κ2) is 6.59. The molecule has 2 aromatic rings. The number of rotatable bonds is 5. The standard InChI is InChI=1S/C15H17ClN2O2/c1-10(13-4-3-7-17-15(13)16)18-12-5-6-14(20-2)11(8-12)9-19/h3-8,10,18-19H,9H2,1-2H3. The van der Waals surface area contributed by atoms with E-state index < -0.39 is 0 Å². The molecule has 0 fully saturated rings. The molecule has 2 N–H and O–H groups in total. The highest BCUT2D eigenvalue weighted by Crippen LogP contribution is 2.27. The maximum Gasteiger partial charge on any atom is 0.134 e. The van der Waals surface area contributed by atoms with Crippen molar-refractivity contribution in [2.24, 2.45) is 0 Å². The number of methoxy groups -OCH3 is 1. The van der Waals surface area contributed by atoms with Gasteiger partial charge in [-0.3, -0.25) is 0 Å². The van der Waals surface area contributed by atoms with E-state index in [4.69, 9.17) is 16.3 Å². The van der Waals surface area contributed by atoms with Crippen LogP contribution in [0.5, 0.6) is 5.75 Å². The molecule has 1 aromatic heterocycles. The Morgan fingerprint density at radius 1 is 1.40 bits per heavy atom. The van der Waals surface area contributed by atoms with Crippen LogP contribution in [0.25, 0.3) is 0 Å². The number of hydrogen-bond donors (Lipinski definition) is 2. The predicted molar refractivity (Wildman–Crippen MR) is 80.2 cm³/mol. The maximum atomic E-state index is 9.33. The van der Waals surface area contributed by atoms with Gasteiger partial charge in [0.15, 0.2) is 0 Å². The van der Waals surface area contributed by atoms with Crippen molar-refractivity contribution in [3.05, 3.63) is 52.8 Å². The van der Waals surface area contributed by atoms with Crippen LogP contribution in [0.3, 0.4) is 0 Å². The van der Waals surface area contributed by atoms with Gasteiger partial charge in [-0.25, -0.2) is 4.98 Å². The molecule has 0 radical (unpaired) electrons. The van der Waals surface area contributed by atoms with Gasteiger partial charge < -0.3 is 15.2 Å². The Bertz CT molecular complexity index is 590. The van der Waals surface area contributed by atoms with Crippen LogP contribution in [0.2, 0.25) is 5.15 Å². The summed E-state index contributed by atoms with van der Waals surface area (Å²) in [5, 5.41) is 13.2. The molecule has 1 aromatic carbocycles. The first-order valence-corrected chi connectivity index (χ1v) is 6.68. The number of anilines is 1. The zero-order valence-electron chi connectivity index (χ0n) is 11.4. The number of halogens is 1. The normalized spacial score (nSPS) is 12.0. The summed E-state index contributed by atoms with van der Waals surface area (Å²) >= 11 is 6.08. The fraction of sp³-hybridized carbons (Fsp3) is 0.267. The van der Waals surface area contributed by atoms with E-state index in [2.05, 4.69) is 10.3 Å². The molecule has 1 unspecified atom stereocenters. The van der Waals surface area contributed by atoms with Crippen LogP contribution in [-0.4, -0.2) is 17.2 Å². The molecule has 4 nitrogen and oxygen atoms in total. The Kier molecular flexibility index (Phi) is 4.82. The third kappa shape index (κ3) is 3.21. The Morgan fingerprint density at radius 3 is 2.85 bits per heavy atom. The molecule has 0 aliphatic heterocycles. The van der Waals surface area contributed by atoms with Crippen LogP contribution < -0.4 is 10.1 Å². The Hall–Kier alpha value is -1.78. The van der Waals surface area contributed by atoms with E-state index in [9.17, 15) is 5.11 Å². The van der Waals surface area contributed by atoms with E-state index >= 15 is 0 Å². The van der Waals surface area contributed by atoms with Gasteiger partial charge >= 0.3 is 0 Å². The number of nitrogens with one attached hydrogen (secondary N) is 1. The quantitative estimate of drug-likeness (QED) is 0.829. The first-order valence-electron chi connectivity index (χ1n) is 6.30. The van der Waals surface area contributed by atoms with Crippen LogP contribution in [0, 0.1) is 0 Å². The zero-order valence-corrected chi connectivity index (χ0v) is 12.2. The fourth-order valence-electron chi connectivity index (χ4n) is 2.04. The SMILES string of the molecule is COc1ccc(NC(C)c2cccnc2Cl)cc1CO. The summed E-state index contributed by atoms with van der Waals surface area (Å²) in [4.78, 5) is 4.07. The molecule has 1 atom stereocenters. The number of ether oxygens (including phenoxy) is 1. The van der Waals surface area contributed by atoms with Crippen LogP contribution in [0.4, 0.5) is 5.69 Å². The summed E-state index contributed by atoms with van der Waals surface area (Å²) < 4.78 is 5.18. The van der Waals surface area contributed by atoms with E-state index in [1.165, 1.54) is 0 Å². The number of nitrogens with zero attached hydrogens (tertiary/aromatic N) is 1. The van der Waals surface area contributed by atoms with Crippen molar-refractivity contribution in [1.29, 1.82) is 0 Å². The summed E-state index contributed by atoms with van der Waals surface area (Å²) in [6.45, 7) is 1.94. The summed E-state index contributed by atoms with van der Waals surface area (Å²) in [6.07, 6.45) is 1.66. The van der Waals surface area contributed by atoms with Crippen LogP contribution >= 0.6 is 11.6 Å². The second-order valence-corrected chi connectivity index (χ2v) is 4.79. The van der Waals surface area contributed by atoms with E-state index in [1.54, 1.807) is 13.3 Å². The lowest BCUT2D eigenvalue weighted by molar-refractivity contribution is 0.274. The lowest BCUT2D eigenvalue weighted by Crippen LogP contribution is -2.08. The summed E-state index contributed by atoms with van der Waals surface area (Å²) in [5.74, 6) is 0.671. The van der Waals surface area contributed by atoms with Crippen LogP contribution in [0.1, 0.15) is 24.1 Å². The number of benzene rings is 1. The average molecular weight is 293 g/mol. The summed E-state index contributed by atoms with van der Waals surface area (Å²) in [5.41, 5.74) is 2.56. The van der Waals surface area contributed by atoms with Crippen LogP contribution in [-0.2, 0) is 6.61 Å². The van der Waals surface area contributed by atoms with E-state index in [0.29, 0.717) is 10.9 Å². The first kappa shape index (κ1) is 14.6. The van der Waals surface area contributed by atoms with Crippen molar-refractivity contribution in [3.8, 4) is 5.75 Å². The third-order valence-corrected chi connectivity index (χ3v) is 3.40. The highest BCUT2D eigenvalue weighted by molar-refractivity contribution is 6.30. The van der Waals surface area contributed by atoms with E-state index in [1.807, 2.05) is 37.3 Å². The molecule has 0 aliphatic carbocycles. The third-order valence-electron chi connectivity index (χ3n) is 3.09. The van der Waals surface area contributed by atoms with Gasteiger partial charge in [-0.15, -0.1) is 0 Å². The molecule has 0 bridgehead atoms.